The summed E-state index contributed by atoms with van der Waals surface area (Å²) in [4.78, 5) is 17.8. The van der Waals surface area contributed by atoms with Crippen molar-refractivity contribution in [1.82, 2.24) is 15.2 Å². The van der Waals surface area contributed by atoms with E-state index in [-0.39, 0.29) is 5.56 Å². The molecule has 1 heterocycles. The van der Waals surface area contributed by atoms with Gasteiger partial charge in [0.15, 0.2) is 5.11 Å². The lowest BCUT2D eigenvalue weighted by atomic mass is 10.0. The SMILES string of the molecule is COCCNC(=S)N(Cc1ccccc1)Cc1cc2c(C)cc(C)cc2[nH]c1=O. The third-order valence-electron chi connectivity index (χ3n) is 4.84. The zero-order valence-corrected chi connectivity index (χ0v) is 17.9. The maximum atomic E-state index is 12.8. The summed E-state index contributed by atoms with van der Waals surface area (Å²) in [7, 11) is 1.66. The summed E-state index contributed by atoms with van der Waals surface area (Å²) in [6.45, 7) is 6.32. The van der Waals surface area contributed by atoms with Crippen LogP contribution in [0.5, 0.6) is 0 Å². The van der Waals surface area contributed by atoms with Crippen molar-refractivity contribution in [3.8, 4) is 0 Å². The van der Waals surface area contributed by atoms with Crippen molar-refractivity contribution in [2.45, 2.75) is 26.9 Å². The Kier molecular flexibility index (Phi) is 7.01. The molecule has 0 amide bonds. The monoisotopic (exact) mass is 409 g/mol. The number of pyridine rings is 1. The van der Waals surface area contributed by atoms with Crippen molar-refractivity contribution in [3.63, 3.8) is 0 Å². The number of aromatic amines is 1. The number of nitrogens with one attached hydrogen (secondary N) is 2. The Labute approximate surface area is 176 Å². The highest BCUT2D eigenvalue weighted by atomic mass is 32.1. The molecule has 2 aromatic carbocycles. The summed E-state index contributed by atoms with van der Waals surface area (Å²) in [5, 5.41) is 4.88. The Morgan fingerprint density at radius 3 is 2.62 bits per heavy atom. The highest BCUT2D eigenvalue weighted by Crippen LogP contribution is 2.19. The Bertz CT molecular complexity index is 1050. The fourth-order valence-corrected chi connectivity index (χ4v) is 3.65. The van der Waals surface area contributed by atoms with Crippen molar-refractivity contribution < 1.29 is 4.74 Å². The standard InChI is InChI=1S/C23H27N3O2S/c1-16-11-17(2)20-13-19(22(27)25-21(20)12-16)15-26(23(29)24-9-10-28-3)14-18-7-5-4-6-8-18/h4-8,11-13H,9-10,14-15H2,1-3H3,(H,24,29)(H,25,27). The van der Waals surface area contributed by atoms with Gasteiger partial charge in [-0.2, -0.15) is 0 Å². The lowest BCUT2D eigenvalue weighted by Crippen LogP contribution is -2.41. The molecule has 2 N–H and O–H groups in total. The molecule has 152 valence electrons. The average Bonchev–Trinajstić information content (AvgIpc) is 2.69. The minimum Gasteiger partial charge on any atom is -0.383 e. The molecule has 0 unspecified atom stereocenters. The number of rotatable bonds is 7. The van der Waals surface area contributed by atoms with Crippen molar-refractivity contribution in [3.05, 3.63) is 81.1 Å². The van der Waals surface area contributed by atoms with Gasteiger partial charge in [0.25, 0.3) is 5.56 Å². The number of H-pyrrole nitrogens is 1. The first-order chi connectivity index (χ1) is 14.0. The minimum absolute atomic E-state index is 0.0831. The third kappa shape index (κ3) is 5.43. The van der Waals surface area contributed by atoms with E-state index in [0.29, 0.717) is 36.9 Å². The molecule has 29 heavy (non-hydrogen) atoms. The Morgan fingerprint density at radius 2 is 1.90 bits per heavy atom. The van der Waals surface area contributed by atoms with Crippen LogP contribution in [0.25, 0.3) is 10.9 Å². The molecule has 0 saturated heterocycles. The Morgan fingerprint density at radius 1 is 1.14 bits per heavy atom. The van der Waals surface area contributed by atoms with Crippen LogP contribution in [0.1, 0.15) is 22.3 Å². The Hall–Kier alpha value is -2.70. The lowest BCUT2D eigenvalue weighted by molar-refractivity contribution is 0.202. The maximum Gasteiger partial charge on any atom is 0.253 e. The van der Waals surface area contributed by atoms with Gasteiger partial charge in [-0.3, -0.25) is 4.79 Å². The van der Waals surface area contributed by atoms with Gasteiger partial charge in [-0.05, 0) is 54.9 Å². The van der Waals surface area contributed by atoms with E-state index in [1.165, 1.54) is 0 Å². The van der Waals surface area contributed by atoms with E-state index in [1.807, 2.05) is 42.2 Å². The summed E-state index contributed by atoms with van der Waals surface area (Å²) in [6, 6.07) is 16.2. The molecular formula is C23H27N3O2S. The number of benzene rings is 2. The molecule has 0 bridgehead atoms. The number of thiocarbonyl (C=S) groups is 1. The van der Waals surface area contributed by atoms with E-state index >= 15 is 0 Å². The van der Waals surface area contributed by atoms with Gasteiger partial charge < -0.3 is 19.9 Å². The molecule has 0 aliphatic rings. The first-order valence-electron chi connectivity index (χ1n) is 9.66. The van der Waals surface area contributed by atoms with Crippen LogP contribution >= 0.6 is 12.2 Å². The van der Waals surface area contributed by atoms with Crippen LogP contribution in [-0.4, -0.2) is 35.3 Å². The first-order valence-corrected chi connectivity index (χ1v) is 10.1. The van der Waals surface area contributed by atoms with E-state index in [9.17, 15) is 4.79 Å². The smallest absolute Gasteiger partial charge is 0.253 e. The van der Waals surface area contributed by atoms with E-state index in [2.05, 4.69) is 35.4 Å². The van der Waals surface area contributed by atoms with Crippen LogP contribution in [0.15, 0.2) is 53.3 Å². The van der Waals surface area contributed by atoms with E-state index in [1.54, 1.807) is 7.11 Å². The molecular weight excluding hydrogens is 382 g/mol. The van der Waals surface area contributed by atoms with Crippen LogP contribution in [0.3, 0.4) is 0 Å². The van der Waals surface area contributed by atoms with Gasteiger partial charge in [-0.15, -0.1) is 0 Å². The van der Waals surface area contributed by atoms with Crippen molar-refractivity contribution >= 4 is 28.2 Å². The van der Waals surface area contributed by atoms with Gasteiger partial charge in [-0.1, -0.05) is 36.4 Å². The molecule has 3 rings (SSSR count). The topological polar surface area (TPSA) is 57.4 Å². The molecule has 0 fully saturated rings. The summed E-state index contributed by atoms with van der Waals surface area (Å²) in [5.74, 6) is 0. The first kappa shape index (κ1) is 21.0. The van der Waals surface area contributed by atoms with Gasteiger partial charge in [0, 0.05) is 36.7 Å². The molecule has 0 aliphatic carbocycles. The van der Waals surface area contributed by atoms with Crippen LogP contribution in [-0.2, 0) is 17.8 Å². The summed E-state index contributed by atoms with van der Waals surface area (Å²) >= 11 is 5.62. The van der Waals surface area contributed by atoms with E-state index in [0.717, 1.165) is 27.6 Å². The van der Waals surface area contributed by atoms with Crippen molar-refractivity contribution in [2.75, 3.05) is 20.3 Å². The molecule has 0 spiro atoms. The molecule has 5 nitrogen and oxygen atoms in total. The molecule has 3 aromatic rings. The quantitative estimate of drug-likeness (QED) is 0.461. The fourth-order valence-electron chi connectivity index (χ4n) is 3.41. The molecule has 0 atom stereocenters. The largest absolute Gasteiger partial charge is 0.383 e. The lowest BCUT2D eigenvalue weighted by Gasteiger charge is -2.26. The molecule has 0 saturated carbocycles. The molecule has 1 aromatic heterocycles. The number of nitrogens with zero attached hydrogens (tertiary/aromatic N) is 1. The zero-order valence-electron chi connectivity index (χ0n) is 17.1. The third-order valence-corrected chi connectivity index (χ3v) is 5.24. The van der Waals surface area contributed by atoms with Crippen LogP contribution in [0, 0.1) is 13.8 Å². The van der Waals surface area contributed by atoms with Crippen molar-refractivity contribution in [2.24, 2.45) is 0 Å². The van der Waals surface area contributed by atoms with Gasteiger partial charge in [0.2, 0.25) is 0 Å². The number of ether oxygens (including phenoxy) is 1. The highest BCUT2D eigenvalue weighted by molar-refractivity contribution is 7.80. The summed E-state index contributed by atoms with van der Waals surface area (Å²) < 4.78 is 5.10. The van der Waals surface area contributed by atoms with Crippen LogP contribution in [0.2, 0.25) is 0 Å². The van der Waals surface area contributed by atoms with Crippen LogP contribution < -0.4 is 10.9 Å². The van der Waals surface area contributed by atoms with E-state index in [4.69, 9.17) is 17.0 Å². The van der Waals surface area contributed by atoms with Gasteiger partial charge >= 0.3 is 0 Å². The van der Waals surface area contributed by atoms with Crippen LogP contribution in [0.4, 0.5) is 0 Å². The fraction of sp³-hybridized carbons (Fsp3) is 0.304. The van der Waals surface area contributed by atoms with Gasteiger partial charge in [-0.25, -0.2) is 0 Å². The molecule has 6 heteroatoms. The van der Waals surface area contributed by atoms with Crippen molar-refractivity contribution in [1.29, 1.82) is 0 Å². The molecule has 0 aliphatic heterocycles. The molecule has 0 radical (unpaired) electrons. The number of methoxy groups -OCH3 is 1. The second kappa shape index (κ2) is 9.67. The highest BCUT2D eigenvalue weighted by Gasteiger charge is 2.14. The maximum absolute atomic E-state index is 12.8. The average molecular weight is 410 g/mol. The minimum atomic E-state index is -0.0831. The number of hydrogen-bond acceptors (Lipinski definition) is 3. The summed E-state index contributed by atoms with van der Waals surface area (Å²) in [5.41, 5.74) is 4.89. The Balaban J connectivity index is 1.90. The predicted octanol–water partition coefficient (Wildman–Crippen LogP) is 3.67. The number of aromatic nitrogens is 1. The second-order valence-corrected chi connectivity index (χ2v) is 7.62. The normalized spacial score (nSPS) is 10.9. The number of fused-ring (bicyclic) bond motifs is 1. The predicted molar refractivity (Wildman–Crippen MR) is 122 cm³/mol. The van der Waals surface area contributed by atoms with E-state index < -0.39 is 0 Å². The summed E-state index contributed by atoms with van der Waals surface area (Å²) in [6.07, 6.45) is 0. The number of hydrogen-bond donors (Lipinski definition) is 2. The van der Waals surface area contributed by atoms with Gasteiger partial charge in [0.1, 0.15) is 0 Å². The number of aryl methyl sites for hydroxylation is 2. The second-order valence-electron chi connectivity index (χ2n) is 7.23. The zero-order chi connectivity index (χ0) is 20.8. The van der Waals surface area contributed by atoms with Gasteiger partial charge in [0.05, 0.1) is 13.2 Å².